The molecule has 0 saturated heterocycles. The Morgan fingerprint density at radius 2 is 2.04 bits per heavy atom. The molecule has 118 valence electrons. The first-order valence-electron chi connectivity index (χ1n) is 7.79. The van der Waals surface area contributed by atoms with Crippen molar-refractivity contribution < 1.29 is 14.7 Å². The summed E-state index contributed by atoms with van der Waals surface area (Å²) in [7, 11) is 0. The van der Waals surface area contributed by atoms with Crippen molar-refractivity contribution in [2.45, 2.75) is 25.3 Å². The van der Waals surface area contributed by atoms with Crippen LogP contribution in [0.3, 0.4) is 0 Å². The number of rotatable bonds is 4. The number of anilines is 1. The summed E-state index contributed by atoms with van der Waals surface area (Å²) in [6.45, 7) is 1.02. The molecule has 2 heterocycles. The third kappa shape index (κ3) is 2.50. The molecule has 1 atom stereocenters. The summed E-state index contributed by atoms with van der Waals surface area (Å²) in [5.74, 6) is -1.08. The summed E-state index contributed by atoms with van der Waals surface area (Å²) in [5, 5.41) is 13.6. The monoisotopic (exact) mass is 311 g/mol. The van der Waals surface area contributed by atoms with Gasteiger partial charge in [0.25, 0.3) is 5.91 Å². The van der Waals surface area contributed by atoms with Crippen LogP contribution in [0.2, 0.25) is 0 Å². The number of aliphatic carboxylic acids is 1. The molecule has 1 N–H and O–H groups in total. The number of fused-ring (bicyclic) bond motifs is 1. The molecule has 0 bridgehead atoms. The first-order valence-corrected chi connectivity index (χ1v) is 7.79. The molecule has 1 aliphatic carbocycles. The van der Waals surface area contributed by atoms with Gasteiger partial charge in [-0.3, -0.25) is 14.3 Å². The fourth-order valence-corrected chi connectivity index (χ4v) is 3.11. The Hall–Kier alpha value is -2.63. The van der Waals surface area contributed by atoms with Crippen LogP contribution >= 0.6 is 0 Å². The summed E-state index contributed by atoms with van der Waals surface area (Å²) in [6, 6.07) is 7.19. The number of amides is 1. The van der Waals surface area contributed by atoms with Gasteiger partial charge in [0.05, 0.1) is 11.8 Å². The minimum absolute atomic E-state index is 0.168. The molecule has 0 spiro atoms. The lowest BCUT2D eigenvalue weighted by Crippen LogP contribution is -2.31. The maximum absolute atomic E-state index is 12.8. The van der Waals surface area contributed by atoms with E-state index in [0.717, 1.165) is 6.54 Å². The van der Waals surface area contributed by atoms with Crippen molar-refractivity contribution in [1.82, 2.24) is 9.78 Å². The summed E-state index contributed by atoms with van der Waals surface area (Å²) in [6.07, 6.45) is 5.78. The molecule has 6 heteroatoms. The second-order valence-corrected chi connectivity index (χ2v) is 6.26. The highest BCUT2D eigenvalue weighted by Crippen LogP contribution is 2.37. The Morgan fingerprint density at radius 1 is 1.26 bits per heavy atom. The van der Waals surface area contributed by atoms with Crippen molar-refractivity contribution in [3.05, 3.63) is 47.8 Å². The van der Waals surface area contributed by atoms with Crippen LogP contribution in [0.25, 0.3) is 0 Å². The fraction of sp³-hybridized carbons (Fsp3) is 0.353. The first-order chi connectivity index (χ1) is 11.1. The smallest absolute Gasteiger partial charge is 0.312 e. The Kier molecular flexibility index (Phi) is 3.18. The number of carboxylic acid groups (broad SMARTS) is 1. The van der Waals surface area contributed by atoms with Crippen molar-refractivity contribution >= 4 is 17.6 Å². The molecule has 6 nitrogen and oxygen atoms in total. The van der Waals surface area contributed by atoms with Gasteiger partial charge < -0.3 is 10.0 Å². The van der Waals surface area contributed by atoms with Gasteiger partial charge in [-0.1, -0.05) is 18.2 Å². The molecule has 23 heavy (non-hydrogen) atoms. The van der Waals surface area contributed by atoms with E-state index in [9.17, 15) is 14.7 Å². The fourth-order valence-electron chi connectivity index (χ4n) is 3.11. The molecular weight excluding hydrogens is 294 g/mol. The largest absolute Gasteiger partial charge is 0.481 e. The normalized spacial score (nSPS) is 19.7. The van der Waals surface area contributed by atoms with Gasteiger partial charge in [0.15, 0.2) is 0 Å². The van der Waals surface area contributed by atoms with Crippen molar-refractivity contribution in [3.8, 4) is 0 Å². The minimum Gasteiger partial charge on any atom is -0.481 e. The molecule has 1 aromatic heterocycles. The number of hydrogen-bond donors (Lipinski definition) is 1. The number of carbonyl (C=O) groups is 2. The van der Waals surface area contributed by atoms with Crippen molar-refractivity contribution in [2.24, 2.45) is 5.92 Å². The van der Waals surface area contributed by atoms with Crippen molar-refractivity contribution in [2.75, 3.05) is 11.4 Å². The predicted octanol–water partition coefficient (Wildman–Crippen LogP) is 2.12. The second kappa shape index (κ2) is 5.22. The van der Waals surface area contributed by atoms with Crippen LogP contribution in [0.5, 0.6) is 0 Å². The second-order valence-electron chi connectivity index (χ2n) is 6.26. The first kappa shape index (κ1) is 14.0. The Balaban J connectivity index is 1.61. The number of carboxylic acids is 1. The Labute approximate surface area is 133 Å². The summed E-state index contributed by atoms with van der Waals surface area (Å²) in [5.41, 5.74) is 1.88. The predicted molar refractivity (Wildman–Crippen MR) is 83.4 cm³/mol. The van der Waals surface area contributed by atoms with E-state index in [2.05, 4.69) is 5.10 Å². The quantitative estimate of drug-likeness (QED) is 0.938. The molecule has 1 fully saturated rings. The van der Waals surface area contributed by atoms with E-state index >= 15 is 0 Å². The summed E-state index contributed by atoms with van der Waals surface area (Å²) >= 11 is 0. The number of hydrogen-bond acceptors (Lipinski definition) is 3. The third-order valence-electron chi connectivity index (χ3n) is 4.53. The summed E-state index contributed by atoms with van der Waals surface area (Å²) in [4.78, 5) is 25.8. The summed E-state index contributed by atoms with van der Waals surface area (Å²) < 4.78 is 1.81. The van der Waals surface area contributed by atoms with E-state index in [1.165, 1.54) is 12.8 Å². The number of aromatic nitrogens is 2. The van der Waals surface area contributed by atoms with Gasteiger partial charge >= 0.3 is 5.97 Å². The highest BCUT2D eigenvalue weighted by molar-refractivity contribution is 6.08. The molecule has 4 rings (SSSR count). The molecule has 1 amide bonds. The minimum atomic E-state index is -0.905. The lowest BCUT2D eigenvalue weighted by Gasteiger charge is -2.16. The molecule has 1 aromatic carbocycles. The Bertz CT molecular complexity index is 779. The van der Waals surface area contributed by atoms with Crippen LogP contribution in [-0.4, -0.2) is 33.3 Å². The highest BCUT2D eigenvalue weighted by atomic mass is 16.4. The molecule has 1 aliphatic heterocycles. The number of benzene rings is 1. The van der Waals surface area contributed by atoms with Gasteiger partial charge in [-0.15, -0.1) is 0 Å². The SMILES string of the molecule is O=C(O)C1CN(C(=O)c2cnn(CC3CC3)c2)c2ccccc21. The molecule has 1 unspecified atom stereocenters. The van der Waals surface area contributed by atoms with Crippen molar-refractivity contribution in [3.63, 3.8) is 0 Å². The standard InChI is InChI=1S/C17H17N3O3/c21-16(12-7-18-19(9-12)8-11-5-6-11)20-10-14(17(22)23)13-3-1-2-4-15(13)20/h1-4,7,9,11,14H,5-6,8,10H2,(H,22,23). The van der Waals surface area contributed by atoms with Crippen LogP contribution in [0.4, 0.5) is 5.69 Å². The van der Waals surface area contributed by atoms with Gasteiger partial charge in [-0.2, -0.15) is 5.10 Å². The van der Waals surface area contributed by atoms with E-state index in [4.69, 9.17) is 0 Å². The van der Waals surface area contributed by atoms with Crippen LogP contribution in [0.1, 0.15) is 34.7 Å². The van der Waals surface area contributed by atoms with E-state index in [1.807, 2.05) is 10.7 Å². The maximum atomic E-state index is 12.8. The Morgan fingerprint density at radius 3 is 2.78 bits per heavy atom. The lowest BCUT2D eigenvalue weighted by molar-refractivity contribution is -0.138. The van der Waals surface area contributed by atoms with Gasteiger partial charge in [0.2, 0.25) is 0 Å². The van der Waals surface area contributed by atoms with E-state index < -0.39 is 11.9 Å². The molecular formula is C17H17N3O3. The van der Waals surface area contributed by atoms with Crippen LogP contribution in [-0.2, 0) is 11.3 Å². The van der Waals surface area contributed by atoms with E-state index in [1.54, 1.807) is 35.5 Å². The lowest BCUT2D eigenvalue weighted by atomic mass is 10.0. The topological polar surface area (TPSA) is 75.4 Å². The van der Waals surface area contributed by atoms with Gasteiger partial charge in [-0.25, -0.2) is 0 Å². The van der Waals surface area contributed by atoms with Gasteiger partial charge in [0.1, 0.15) is 5.92 Å². The number of nitrogens with zero attached hydrogens (tertiary/aromatic N) is 3. The average Bonchev–Trinajstić information content (AvgIpc) is 3.09. The maximum Gasteiger partial charge on any atom is 0.312 e. The molecule has 1 saturated carbocycles. The van der Waals surface area contributed by atoms with Gasteiger partial charge in [0, 0.05) is 25.0 Å². The molecule has 0 radical (unpaired) electrons. The molecule has 2 aromatic rings. The van der Waals surface area contributed by atoms with E-state index in [0.29, 0.717) is 22.7 Å². The van der Waals surface area contributed by atoms with Crippen LogP contribution < -0.4 is 4.90 Å². The third-order valence-corrected chi connectivity index (χ3v) is 4.53. The van der Waals surface area contributed by atoms with Crippen LogP contribution in [0, 0.1) is 5.92 Å². The van der Waals surface area contributed by atoms with Crippen molar-refractivity contribution in [1.29, 1.82) is 0 Å². The zero-order valence-electron chi connectivity index (χ0n) is 12.6. The van der Waals surface area contributed by atoms with Gasteiger partial charge in [-0.05, 0) is 30.4 Å². The van der Waals surface area contributed by atoms with Crippen LogP contribution in [0.15, 0.2) is 36.7 Å². The highest BCUT2D eigenvalue weighted by Gasteiger charge is 2.37. The van der Waals surface area contributed by atoms with E-state index in [-0.39, 0.29) is 12.5 Å². The molecule has 2 aliphatic rings. The number of para-hydroxylation sites is 1. The zero-order valence-corrected chi connectivity index (χ0v) is 12.6. The average molecular weight is 311 g/mol. The number of carbonyl (C=O) groups excluding carboxylic acids is 1. The zero-order chi connectivity index (χ0) is 16.0.